The van der Waals surface area contributed by atoms with Gasteiger partial charge in [-0.05, 0) is 13.8 Å². The van der Waals surface area contributed by atoms with E-state index in [4.69, 9.17) is 5.26 Å². The van der Waals surface area contributed by atoms with Crippen molar-refractivity contribution in [2.45, 2.75) is 19.9 Å². The van der Waals surface area contributed by atoms with Crippen molar-refractivity contribution < 1.29 is 4.21 Å². The molecule has 0 aliphatic rings. The van der Waals surface area contributed by atoms with Crippen molar-refractivity contribution in [2.75, 3.05) is 6.26 Å². The van der Waals surface area contributed by atoms with E-state index in [0.717, 1.165) is 0 Å². The Balaban J connectivity index is 4.33. The van der Waals surface area contributed by atoms with Gasteiger partial charge in [0.15, 0.2) is 0 Å². The van der Waals surface area contributed by atoms with E-state index in [9.17, 15) is 4.21 Å². The molecule has 0 amide bonds. The minimum absolute atomic E-state index is 0.0783. The molecule has 0 spiro atoms. The highest BCUT2D eigenvalue weighted by molar-refractivity contribution is 7.91. The van der Waals surface area contributed by atoms with Crippen LogP contribution < -0.4 is 4.72 Å². The minimum atomic E-state index is -2.47. The molecule has 0 radical (unpaired) electrons. The van der Waals surface area contributed by atoms with Crippen LogP contribution in [0.15, 0.2) is 4.36 Å². The molecule has 4 nitrogen and oxygen atoms in total. The zero-order valence-electron chi connectivity index (χ0n) is 6.29. The molecule has 0 heterocycles. The van der Waals surface area contributed by atoms with Crippen molar-refractivity contribution in [1.82, 2.24) is 4.72 Å². The van der Waals surface area contributed by atoms with Gasteiger partial charge in [0, 0.05) is 12.3 Å². The smallest absolute Gasteiger partial charge is 0.215 e. The van der Waals surface area contributed by atoms with Crippen LogP contribution in [0.25, 0.3) is 0 Å². The fourth-order valence-corrected chi connectivity index (χ4v) is 1.62. The number of hydrogen-bond acceptors (Lipinski definition) is 3. The summed E-state index contributed by atoms with van der Waals surface area (Å²) in [4.78, 5) is 0. The molecular formula is C5H11N3OS. The number of hydrogen-bond donors (Lipinski definition) is 1. The van der Waals surface area contributed by atoms with Gasteiger partial charge in [0.25, 0.3) is 0 Å². The fourth-order valence-electron chi connectivity index (χ4n) is 0.542. The molecular weight excluding hydrogens is 150 g/mol. The molecule has 0 aromatic rings. The van der Waals surface area contributed by atoms with Gasteiger partial charge in [0.2, 0.25) is 6.19 Å². The predicted octanol–water partition coefficient (Wildman–Crippen LogP) is 0.478. The van der Waals surface area contributed by atoms with E-state index in [1.807, 2.05) is 13.8 Å². The molecule has 0 bridgehead atoms. The van der Waals surface area contributed by atoms with Crippen LogP contribution in [0.3, 0.4) is 0 Å². The Morgan fingerprint density at radius 2 is 2.20 bits per heavy atom. The Labute approximate surface area is 61.6 Å². The summed E-state index contributed by atoms with van der Waals surface area (Å²) in [5.74, 6) is 0. The zero-order chi connectivity index (χ0) is 8.20. The summed E-state index contributed by atoms with van der Waals surface area (Å²) in [7, 11) is -2.47. The summed E-state index contributed by atoms with van der Waals surface area (Å²) in [6.45, 7) is 3.69. The van der Waals surface area contributed by atoms with Crippen LogP contribution in [-0.2, 0) is 9.92 Å². The summed E-state index contributed by atoms with van der Waals surface area (Å²) in [6, 6.07) is 0.0783. The fraction of sp³-hybridized carbons (Fsp3) is 0.800. The summed E-state index contributed by atoms with van der Waals surface area (Å²) >= 11 is 0. The van der Waals surface area contributed by atoms with Gasteiger partial charge in [-0.15, -0.1) is 4.36 Å². The first-order valence-corrected chi connectivity index (χ1v) is 4.78. The van der Waals surface area contributed by atoms with Crippen LogP contribution in [0.5, 0.6) is 0 Å². The van der Waals surface area contributed by atoms with Crippen LogP contribution in [-0.4, -0.2) is 16.5 Å². The molecule has 0 aromatic carbocycles. The van der Waals surface area contributed by atoms with Crippen LogP contribution in [0.4, 0.5) is 0 Å². The van der Waals surface area contributed by atoms with Crippen LogP contribution in [0.2, 0.25) is 0 Å². The van der Waals surface area contributed by atoms with Crippen molar-refractivity contribution in [3.63, 3.8) is 0 Å². The second-order valence-corrected chi connectivity index (χ2v) is 4.29. The normalized spacial score (nSPS) is 15.9. The second-order valence-electron chi connectivity index (χ2n) is 2.27. The first-order valence-electron chi connectivity index (χ1n) is 2.85. The third-order valence-corrected chi connectivity index (χ3v) is 2.01. The molecule has 0 aliphatic carbocycles. The van der Waals surface area contributed by atoms with E-state index in [0.29, 0.717) is 0 Å². The molecule has 0 saturated carbocycles. The number of nitrogens with one attached hydrogen (secondary N) is 1. The lowest BCUT2D eigenvalue weighted by molar-refractivity contribution is 0.653. The molecule has 1 atom stereocenters. The van der Waals surface area contributed by atoms with Crippen LogP contribution in [0, 0.1) is 11.5 Å². The summed E-state index contributed by atoms with van der Waals surface area (Å²) in [5.41, 5.74) is 0. The van der Waals surface area contributed by atoms with E-state index < -0.39 is 9.92 Å². The van der Waals surface area contributed by atoms with Gasteiger partial charge in [-0.25, -0.2) is 8.93 Å². The molecule has 10 heavy (non-hydrogen) atoms. The quantitative estimate of drug-likeness (QED) is 0.598. The van der Waals surface area contributed by atoms with Crippen molar-refractivity contribution >= 4 is 9.92 Å². The highest BCUT2D eigenvalue weighted by atomic mass is 32.2. The first-order chi connectivity index (χ1) is 4.48. The monoisotopic (exact) mass is 161 g/mol. The molecule has 5 heteroatoms. The van der Waals surface area contributed by atoms with Gasteiger partial charge in [-0.2, -0.15) is 5.26 Å². The maximum absolute atomic E-state index is 11.1. The molecule has 1 N–H and O–H groups in total. The third-order valence-electron chi connectivity index (χ3n) is 0.669. The zero-order valence-corrected chi connectivity index (χ0v) is 7.10. The van der Waals surface area contributed by atoms with Gasteiger partial charge in [-0.3, -0.25) is 0 Å². The van der Waals surface area contributed by atoms with Gasteiger partial charge in [0.1, 0.15) is 9.92 Å². The van der Waals surface area contributed by atoms with Gasteiger partial charge in [-0.1, -0.05) is 0 Å². The van der Waals surface area contributed by atoms with E-state index in [-0.39, 0.29) is 6.04 Å². The van der Waals surface area contributed by atoms with Gasteiger partial charge in [0.05, 0.1) is 0 Å². The predicted molar refractivity (Wildman–Crippen MR) is 40.4 cm³/mol. The van der Waals surface area contributed by atoms with Crippen molar-refractivity contribution in [2.24, 2.45) is 4.36 Å². The molecule has 0 aliphatic heterocycles. The average molecular weight is 161 g/mol. The Hall–Kier alpha value is -0.600. The lowest BCUT2D eigenvalue weighted by Crippen LogP contribution is -2.28. The van der Waals surface area contributed by atoms with E-state index in [2.05, 4.69) is 9.08 Å². The van der Waals surface area contributed by atoms with Crippen molar-refractivity contribution in [1.29, 1.82) is 5.26 Å². The molecule has 0 fully saturated rings. The maximum atomic E-state index is 11.1. The standard InChI is InChI=1S/C5H11N3OS/c1-5(2)8-10(3,9)7-4-6/h5H,1-3H3,(H,7,8,9). The van der Waals surface area contributed by atoms with Crippen molar-refractivity contribution in [3.05, 3.63) is 0 Å². The third kappa shape index (κ3) is 4.30. The first kappa shape index (κ1) is 9.40. The largest absolute Gasteiger partial charge is 0.233 e. The van der Waals surface area contributed by atoms with Crippen LogP contribution in [0.1, 0.15) is 13.8 Å². The highest BCUT2D eigenvalue weighted by Crippen LogP contribution is 1.86. The van der Waals surface area contributed by atoms with Gasteiger partial charge >= 0.3 is 0 Å². The summed E-state index contributed by atoms with van der Waals surface area (Å²) < 4.78 is 17.0. The summed E-state index contributed by atoms with van der Waals surface area (Å²) in [6.07, 6.45) is 2.90. The molecule has 1 unspecified atom stereocenters. The Bertz CT molecular complexity index is 244. The molecule has 0 aromatic heterocycles. The second kappa shape index (κ2) is 3.54. The summed E-state index contributed by atoms with van der Waals surface area (Å²) in [5, 5.41) is 8.08. The molecule has 0 saturated heterocycles. The molecule has 58 valence electrons. The number of nitriles is 1. The number of nitrogens with zero attached hydrogens (tertiary/aromatic N) is 2. The highest BCUT2D eigenvalue weighted by Gasteiger charge is 2.00. The maximum Gasteiger partial charge on any atom is 0.215 e. The average Bonchev–Trinajstić information content (AvgIpc) is 1.59. The van der Waals surface area contributed by atoms with E-state index >= 15 is 0 Å². The van der Waals surface area contributed by atoms with Crippen molar-refractivity contribution in [3.8, 4) is 6.19 Å². The Kier molecular flexibility index (Phi) is 3.33. The van der Waals surface area contributed by atoms with E-state index in [1.165, 1.54) is 12.4 Å². The Morgan fingerprint density at radius 3 is 2.50 bits per heavy atom. The topological polar surface area (TPSA) is 65.2 Å². The van der Waals surface area contributed by atoms with Gasteiger partial charge < -0.3 is 0 Å². The number of rotatable bonds is 2. The van der Waals surface area contributed by atoms with Crippen LogP contribution >= 0.6 is 0 Å². The SMILES string of the molecule is CC(C)NS(C)(=O)=NC#N. The van der Waals surface area contributed by atoms with E-state index in [1.54, 1.807) is 0 Å². The molecule has 0 rings (SSSR count). The Morgan fingerprint density at radius 1 is 1.70 bits per heavy atom. The lowest BCUT2D eigenvalue weighted by Gasteiger charge is -2.06. The minimum Gasteiger partial charge on any atom is -0.233 e. The lowest BCUT2D eigenvalue weighted by atomic mass is 10.4.